The van der Waals surface area contributed by atoms with Gasteiger partial charge in [0, 0.05) is 24.6 Å². The van der Waals surface area contributed by atoms with Crippen LogP contribution in [0.15, 0.2) is 42.5 Å². The summed E-state index contributed by atoms with van der Waals surface area (Å²) in [5.74, 6) is -0.146. The molecular formula is C26H28N4O3S. The van der Waals surface area contributed by atoms with Crippen LogP contribution in [-0.4, -0.2) is 40.8 Å². The summed E-state index contributed by atoms with van der Waals surface area (Å²) >= 11 is 1.76. The number of thiazole rings is 1. The highest BCUT2D eigenvalue weighted by Crippen LogP contribution is 2.35. The molecule has 34 heavy (non-hydrogen) atoms. The molecule has 1 unspecified atom stereocenters. The number of nitrogens with one attached hydrogen (secondary N) is 2. The third-order valence-electron chi connectivity index (χ3n) is 7.04. The molecule has 2 saturated heterocycles. The molecule has 2 N–H and O–H groups in total. The summed E-state index contributed by atoms with van der Waals surface area (Å²) in [5, 5.41) is 6.28. The molecule has 3 aromatic rings. The van der Waals surface area contributed by atoms with E-state index in [1.54, 1.807) is 35.6 Å². The number of benzene rings is 2. The standard InChI is InChI=1S/C26H28N4O3S/c1-15(2)26(24(32)28-25(33)29-26)19-7-5-18(6-8-19)23(31)30-12-10-17(11-13-30)22-27-20-14-16(3)4-9-21(20)34-22/h4-9,14-15,17H,10-13H2,1-3H3,(H2,28,29,32,33). The number of aromatic nitrogens is 1. The van der Waals surface area contributed by atoms with Crippen LogP contribution < -0.4 is 10.6 Å². The quantitative estimate of drug-likeness (QED) is 0.549. The molecule has 2 fully saturated rings. The summed E-state index contributed by atoms with van der Waals surface area (Å²) in [4.78, 5) is 44.3. The van der Waals surface area contributed by atoms with E-state index in [9.17, 15) is 14.4 Å². The number of carbonyl (C=O) groups is 3. The number of carbonyl (C=O) groups excluding carboxylic acids is 3. The van der Waals surface area contributed by atoms with Gasteiger partial charge in [-0.15, -0.1) is 11.3 Å². The maximum absolute atomic E-state index is 13.1. The van der Waals surface area contributed by atoms with E-state index >= 15 is 0 Å². The van der Waals surface area contributed by atoms with Gasteiger partial charge in [-0.05, 0) is 61.1 Å². The zero-order valence-electron chi connectivity index (χ0n) is 19.6. The lowest BCUT2D eigenvalue weighted by Crippen LogP contribution is -2.48. The van der Waals surface area contributed by atoms with Crippen molar-refractivity contribution in [2.24, 2.45) is 5.92 Å². The second-order valence-corrected chi connectivity index (χ2v) is 10.6. The Bertz CT molecular complexity index is 1270. The van der Waals surface area contributed by atoms with Crippen molar-refractivity contribution in [3.8, 4) is 0 Å². The Morgan fingerprint density at radius 2 is 1.82 bits per heavy atom. The zero-order valence-corrected chi connectivity index (χ0v) is 20.4. The number of aryl methyl sites for hydroxylation is 1. The molecule has 2 aliphatic rings. The fourth-order valence-electron chi connectivity index (χ4n) is 5.03. The number of fused-ring (bicyclic) bond motifs is 1. The van der Waals surface area contributed by atoms with Gasteiger partial charge in [0.1, 0.15) is 5.54 Å². The van der Waals surface area contributed by atoms with Gasteiger partial charge < -0.3 is 10.2 Å². The third kappa shape index (κ3) is 3.76. The average Bonchev–Trinajstić information content (AvgIpc) is 3.39. The Hall–Kier alpha value is -3.26. The average molecular weight is 477 g/mol. The van der Waals surface area contributed by atoms with E-state index in [1.165, 1.54) is 10.3 Å². The molecule has 5 rings (SSSR count). The van der Waals surface area contributed by atoms with E-state index < -0.39 is 11.6 Å². The van der Waals surface area contributed by atoms with E-state index in [4.69, 9.17) is 4.98 Å². The molecular weight excluding hydrogens is 448 g/mol. The number of hydrogen-bond donors (Lipinski definition) is 2. The lowest BCUT2D eigenvalue weighted by Gasteiger charge is -2.32. The van der Waals surface area contributed by atoms with Crippen LogP contribution in [0.5, 0.6) is 0 Å². The molecule has 1 aromatic heterocycles. The van der Waals surface area contributed by atoms with Crippen LogP contribution in [0.25, 0.3) is 10.2 Å². The number of imide groups is 1. The Labute approximate surface area is 202 Å². The highest BCUT2D eigenvalue weighted by molar-refractivity contribution is 7.18. The van der Waals surface area contributed by atoms with Gasteiger partial charge in [0.15, 0.2) is 0 Å². The molecule has 0 radical (unpaired) electrons. The largest absolute Gasteiger partial charge is 0.339 e. The second-order valence-electron chi connectivity index (χ2n) is 9.54. The van der Waals surface area contributed by atoms with Crippen LogP contribution in [0.2, 0.25) is 0 Å². The number of likely N-dealkylation sites (tertiary alicyclic amines) is 1. The van der Waals surface area contributed by atoms with Gasteiger partial charge in [-0.25, -0.2) is 9.78 Å². The van der Waals surface area contributed by atoms with Gasteiger partial charge >= 0.3 is 6.03 Å². The predicted octanol–water partition coefficient (Wildman–Crippen LogP) is 4.32. The maximum atomic E-state index is 13.1. The van der Waals surface area contributed by atoms with E-state index in [-0.39, 0.29) is 17.7 Å². The maximum Gasteiger partial charge on any atom is 0.322 e. The van der Waals surface area contributed by atoms with E-state index in [1.807, 2.05) is 18.7 Å². The van der Waals surface area contributed by atoms with E-state index in [0.29, 0.717) is 30.1 Å². The summed E-state index contributed by atoms with van der Waals surface area (Å²) in [6.07, 6.45) is 1.79. The Morgan fingerprint density at radius 3 is 2.44 bits per heavy atom. The highest BCUT2D eigenvalue weighted by Gasteiger charge is 2.50. The Morgan fingerprint density at radius 1 is 1.12 bits per heavy atom. The summed E-state index contributed by atoms with van der Waals surface area (Å²) in [5.41, 5.74) is 2.41. The fraction of sp³-hybridized carbons (Fsp3) is 0.385. The van der Waals surface area contributed by atoms with Crippen LogP contribution in [0.4, 0.5) is 4.79 Å². The number of urea groups is 1. The molecule has 0 saturated carbocycles. The molecule has 7 nitrogen and oxygen atoms in total. The number of piperidine rings is 1. The van der Waals surface area contributed by atoms with Crippen LogP contribution in [0.1, 0.15) is 59.1 Å². The fourth-order valence-corrected chi connectivity index (χ4v) is 6.15. The molecule has 4 amide bonds. The Kier molecular flexibility index (Phi) is 5.64. The molecule has 0 spiro atoms. The van der Waals surface area contributed by atoms with Crippen molar-refractivity contribution in [2.45, 2.75) is 45.1 Å². The molecule has 3 heterocycles. The predicted molar refractivity (Wildman–Crippen MR) is 132 cm³/mol. The van der Waals surface area contributed by atoms with Crippen molar-refractivity contribution < 1.29 is 14.4 Å². The molecule has 2 aliphatic heterocycles. The zero-order chi connectivity index (χ0) is 24.0. The first-order chi connectivity index (χ1) is 16.3. The van der Waals surface area contributed by atoms with Crippen LogP contribution in [0.3, 0.4) is 0 Å². The summed E-state index contributed by atoms with van der Waals surface area (Å²) < 4.78 is 1.21. The molecule has 1 atom stereocenters. The third-order valence-corrected chi connectivity index (χ3v) is 8.24. The van der Waals surface area contributed by atoms with E-state index in [2.05, 4.69) is 35.8 Å². The number of rotatable bonds is 4. The van der Waals surface area contributed by atoms with Crippen molar-refractivity contribution in [3.05, 3.63) is 64.2 Å². The number of nitrogens with zero attached hydrogens (tertiary/aromatic N) is 2. The van der Waals surface area contributed by atoms with Gasteiger partial charge in [-0.1, -0.05) is 32.0 Å². The number of hydrogen-bond acceptors (Lipinski definition) is 5. The van der Waals surface area contributed by atoms with Crippen LogP contribution in [-0.2, 0) is 10.3 Å². The van der Waals surface area contributed by atoms with Gasteiger partial charge in [0.2, 0.25) is 0 Å². The van der Waals surface area contributed by atoms with Gasteiger partial charge in [-0.2, -0.15) is 0 Å². The summed E-state index contributed by atoms with van der Waals surface area (Å²) in [6, 6.07) is 12.9. The van der Waals surface area contributed by atoms with Crippen molar-refractivity contribution in [1.82, 2.24) is 20.5 Å². The first-order valence-electron chi connectivity index (χ1n) is 11.7. The molecule has 0 aliphatic carbocycles. The molecule has 176 valence electrons. The normalized spacial score (nSPS) is 21.2. The van der Waals surface area contributed by atoms with Gasteiger partial charge in [0.25, 0.3) is 11.8 Å². The molecule has 2 aromatic carbocycles. The SMILES string of the molecule is Cc1ccc2sc(C3CCN(C(=O)c4ccc(C5(C(C)C)NC(=O)NC5=O)cc4)CC3)nc2c1. The van der Waals surface area contributed by atoms with Gasteiger partial charge in [-0.3, -0.25) is 14.9 Å². The minimum Gasteiger partial charge on any atom is -0.339 e. The summed E-state index contributed by atoms with van der Waals surface area (Å²) in [6.45, 7) is 7.24. The topological polar surface area (TPSA) is 91.4 Å². The number of amides is 4. The molecule has 0 bridgehead atoms. The monoisotopic (exact) mass is 476 g/mol. The minimum atomic E-state index is -1.12. The second kappa shape index (κ2) is 8.51. The smallest absolute Gasteiger partial charge is 0.322 e. The van der Waals surface area contributed by atoms with Crippen molar-refractivity contribution >= 4 is 39.4 Å². The van der Waals surface area contributed by atoms with Crippen molar-refractivity contribution in [1.29, 1.82) is 0 Å². The van der Waals surface area contributed by atoms with Gasteiger partial charge in [0.05, 0.1) is 15.2 Å². The minimum absolute atomic E-state index is 0.0107. The lowest BCUT2D eigenvalue weighted by molar-refractivity contribution is -0.125. The summed E-state index contributed by atoms with van der Waals surface area (Å²) in [7, 11) is 0. The van der Waals surface area contributed by atoms with E-state index in [0.717, 1.165) is 23.4 Å². The lowest BCUT2D eigenvalue weighted by atomic mass is 9.79. The van der Waals surface area contributed by atoms with Crippen molar-refractivity contribution in [2.75, 3.05) is 13.1 Å². The Balaban J connectivity index is 1.27. The van der Waals surface area contributed by atoms with Crippen LogP contribution >= 0.6 is 11.3 Å². The highest BCUT2D eigenvalue weighted by atomic mass is 32.1. The first-order valence-corrected chi connectivity index (χ1v) is 12.5. The first kappa shape index (κ1) is 22.5. The molecule has 8 heteroatoms. The van der Waals surface area contributed by atoms with Crippen molar-refractivity contribution in [3.63, 3.8) is 0 Å². The van der Waals surface area contributed by atoms with Crippen LogP contribution in [0, 0.1) is 12.8 Å².